The number of ether oxygens (including phenoxy) is 1. The van der Waals surface area contributed by atoms with Gasteiger partial charge in [-0.05, 0) is 24.8 Å². The number of halogens is 3. The SMILES string of the molecule is CC(C)C(C1CCOC1)N1CC2(CCN(c3ncnc4sc(CC(F)(F)F)cc34)C2)C1. The summed E-state index contributed by atoms with van der Waals surface area (Å²) in [7, 11) is 0. The summed E-state index contributed by atoms with van der Waals surface area (Å²) < 4.78 is 44.2. The van der Waals surface area contributed by atoms with Crippen molar-refractivity contribution in [2.45, 2.75) is 45.3 Å². The molecule has 5 rings (SSSR count). The van der Waals surface area contributed by atoms with Gasteiger partial charge in [0.2, 0.25) is 0 Å². The number of thiophene rings is 1. The molecule has 3 fully saturated rings. The number of fused-ring (bicyclic) bond motifs is 1. The molecule has 0 amide bonds. The topological polar surface area (TPSA) is 41.5 Å². The number of anilines is 1. The molecule has 2 aromatic heterocycles. The third-order valence-corrected chi connectivity index (χ3v) is 8.14. The molecule has 0 N–H and O–H groups in total. The van der Waals surface area contributed by atoms with Crippen LogP contribution in [0.15, 0.2) is 12.4 Å². The van der Waals surface area contributed by atoms with Gasteiger partial charge < -0.3 is 9.64 Å². The Balaban J connectivity index is 1.29. The van der Waals surface area contributed by atoms with Crippen molar-refractivity contribution in [3.8, 4) is 0 Å². The molecular weight excluding hydrogens is 425 g/mol. The van der Waals surface area contributed by atoms with Gasteiger partial charge in [0.25, 0.3) is 0 Å². The number of aromatic nitrogens is 2. The van der Waals surface area contributed by atoms with Crippen molar-refractivity contribution in [3.63, 3.8) is 0 Å². The first-order chi connectivity index (χ1) is 14.7. The lowest BCUT2D eigenvalue weighted by Gasteiger charge is -2.54. The van der Waals surface area contributed by atoms with Gasteiger partial charge in [0, 0.05) is 55.0 Å². The molecule has 5 heterocycles. The van der Waals surface area contributed by atoms with Crippen molar-refractivity contribution in [1.82, 2.24) is 14.9 Å². The standard InChI is InChI=1S/C22H29F3N4OS/c1-14(2)18(15-3-6-30-9-15)29-11-21(12-29)4-5-28(10-21)19-17-7-16(8-22(23,24)25)31-20(17)27-13-26-19/h7,13-15,18H,3-6,8-12H2,1-2H3. The number of alkyl halides is 3. The maximum Gasteiger partial charge on any atom is 0.393 e. The van der Waals surface area contributed by atoms with Crippen molar-refractivity contribution in [2.75, 3.05) is 44.3 Å². The summed E-state index contributed by atoms with van der Waals surface area (Å²) in [4.78, 5) is 14.5. The molecule has 2 unspecified atom stereocenters. The number of hydrogen-bond donors (Lipinski definition) is 0. The molecule has 2 aromatic rings. The summed E-state index contributed by atoms with van der Waals surface area (Å²) in [6.45, 7) is 10.3. The zero-order chi connectivity index (χ0) is 21.8. The van der Waals surface area contributed by atoms with Crippen LogP contribution in [0.3, 0.4) is 0 Å². The van der Waals surface area contributed by atoms with E-state index in [1.54, 1.807) is 6.07 Å². The number of hydrogen-bond acceptors (Lipinski definition) is 6. The first-order valence-corrected chi connectivity index (χ1v) is 11.9. The minimum atomic E-state index is -4.21. The maximum atomic E-state index is 12.8. The Morgan fingerprint density at radius 3 is 2.74 bits per heavy atom. The minimum Gasteiger partial charge on any atom is -0.381 e. The van der Waals surface area contributed by atoms with Crippen LogP contribution in [-0.2, 0) is 11.2 Å². The van der Waals surface area contributed by atoms with Crippen molar-refractivity contribution in [2.24, 2.45) is 17.3 Å². The number of rotatable bonds is 5. The lowest BCUT2D eigenvalue weighted by atomic mass is 9.75. The zero-order valence-corrected chi connectivity index (χ0v) is 18.8. The van der Waals surface area contributed by atoms with Crippen molar-refractivity contribution >= 4 is 27.4 Å². The van der Waals surface area contributed by atoms with Gasteiger partial charge in [-0.1, -0.05) is 13.8 Å². The van der Waals surface area contributed by atoms with Gasteiger partial charge in [-0.3, -0.25) is 4.90 Å². The van der Waals surface area contributed by atoms with Crippen molar-refractivity contribution in [1.29, 1.82) is 0 Å². The molecule has 0 radical (unpaired) electrons. The van der Waals surface area contributed by atoms with Gasteiger partial charge in [-0.15, -0.1) is 11.3 Å². The highest BCUT2D eigenvalue weighted by atomic mass is 32.1. The van der Waals surface area contributed by atoms with Gasteiger partial charge in [0.15, 0.2) is 0 Å². The Kier molecular flexibility index (Phi) is 5.42. The highest BCUT2D eigenvalue weighted by Crippen LogP contribution is 2.45. The fraction of sp³-hybridized carbons (Fsp3) is 0.727. The van der Waals surface area contributed by atoms with E-state index in [0.29, 0.717) is 27.6 Å². The van der Waals surface area contributed by atoms with Crippen LogP contribution in [0, 0.1) is 17.3 Å². The quantitative estimate of drug-likeness (QED) is 0.671. The van der Waals surface area contributed by atoms with Gasteiger partial charge in [-0.25, -0.2) is 9.97 Å². The fourth-order valence-corrected chi connectivity index (χ4v) is 6.94. The molecule has 3 aliphatic rings. The number of likely N-dealkylation sites (tertiary alicyclic amines) is 1. The van der Waals surface area contributed by atoms with Crippen LogP contribution in [0.1, 0.15) is 31.6 Å². The van der Waals surface area contributed by atoms with Gasteiger partial charge in [-0.2, -0.15) is 13.2 Å². The first-order valence-electron chi connectivity index (χ1n) is 11.1. The summed E-state index contributed by atoms with van der Waals surface area (Å²) in [5.74, 6) is 2.00. The molecule has 1 spiro atoms. The normalized spacial score (nSPS) is 25.1. The van der Waals surface area contributed by atoms with Crippen LogP contribution in [0.25, 0.3) is 10.2 Å². The van der Waals surface area contributed by atoms with Gasteiger partial charge >= 0.3 is 6.18 Å². The summed E-state index contributed by atoms with van der Waals surface area (Å²) in [5.41, 5.74) is 0.259. The lowest BCUT2D eigenvalue weighted by molar-refractivity contribution is -0.126. The minimum absolute atomic E-state index is 0.259. The Morgan fingerprint density at radius 1 is 1.26 bits per heavy atom. The van der Waals surface area contributed by atoms with E-state index in [-0.39, 0.29) is 5.41 Å². The Labute approximate surface area is 184 Å². The van der Waals surface area contributed by atoms with E-state index in [1.807, 2.05) is 0 Å². The molecule has 3 aliphatic heterocycles. The van der Waals surface area contributed by atoms with Crippen molar-refractivity contribution in [3.05, 3.63) is 17.3 Å². The molecule has 2 atom stereocenters. The van der Waals surface area contributed by atoms with E-state index >= 15 is 0 Å². The lowest BCUT2D eigenvalue weighted by Crippen LogP contribution is -2.63. The number of nitrogens with zero attached hydrogens (tertiary/aromatic N) is 4. The highest BCUT2D eigenvalue weighted by Gasteiger charge is 2.51. The third-order valence-electron chi connectivity index (χ3n) is 7.10. The molecule has 5 nitrogen and oxygen atoms in total. The zero-order valence-electron chi connectivity index (χ0n) is 18.0. The predicted molar refractivity (Wildman–Crippen MR) is 116 cm³/mol. The highest BCUT2D eigenvalue weighted by molar-refractivity contribution is 7.18. The van der Waals surface area contributed by atoms with Crippen LogP contribution in [0.5, 0.6) is 0 Å². The summed E-state index contributed by atoms with van der Waals surface area (Å²) in [6.07, 6.45) is -1.39. The van der Waals surface area contributed by atoms with E-state index < -0.39 is 12.6 Å². The van der Waals surface area contributed by atoms with E-state index in [4.69, 9.17) is 4.74 Å². The predicted octanol–water partition coefficient (Wildman–Crippen LogP) is 4.37. The van der Waals surface area contributed by atoms with Crippen LogP contribution < -0.4 is 4.90 Å². The third kappa shape index (κ3) is 4.16. The first kappa shape index (κ1) is 21.4. The Bertz CT molecular complexity index is 934. The van der Waals surface area contributed by atoms with E-state index in [1.165, 1.54) is 6.33 Å². The Hall–Kier alpha value is -1.45. The van der Waals surface area contributed by atoms with E-state index in [0.717, 1.165) is 74.8 Å². The van der Waals surface area contributed by atoms with Crippen LogP contribution in [0.4, 0.5) is 19.0 Å². The molecule has 3 saturated heterocycles. The summed E-state index contributed by atoms with van der Waals surface area (Å²) >= 11 is 1.12. The monoisotopic (exact) mass is 454 g/mol. The molecular formula is C22H29F3N4OS. The molecule has 9 heteroatoms. The van der Waals surface area contributed by atoms with Crippen LogP contribution in [0.2, 0.25) is 0 Å². The second kappa shape index (κ2) is 7.85. The summed E-state index contributed by atoms with van der Waals surface area (Å²) in [6, 6.07) is 2.20. The average Bonchev–Trinajstić information content (AvgIpc) is 3.38. The molecule has 0 saturated carbocycles. The van der Waals surface area contributed by atoms with Gasteiger partial charge in [0.1, 0.15) is 17.0 Å². The average molecular weight is 455 g/mol. The van der Waals surface area contributed by atoms with E-state index in [9.17, 15) is 13.2 Å². The largest absolute Gasteiger partial charge is 0.393 e. The van der Waals surface area contributed by atoms with Gasteiger partial charge in [0.05, 0.1) is 18.4 Å². The smallest absolute Gasteiger partial charge is 0.381 e. The fourth-order valence-electron chi connectivity index (χ4n) is 5.92. The second-order valence-electron chi connectivity index (χ2n) is 9.86. The van der Waals surface area contributed by atoms with Crippen molar-refractivity contribution < 1.29 is 17.9 Å². The van der Waals surface area contributed by atoms with E-state index in [2.05, 4.69) is 33.6 Å². The van der Waals surface area contributed by atoms with Crippen LogP contribution in [-0.4, -0.2) is 66.5 Å². The molecule has 0 aliphatic carbocycles. The molecule has 0 aromatic carbocycles. The summed E-state index contributed by atoms with van der Waals surface area (Å²) in [5, 5.41) is 0.753. The molecule has 31 heavy (non-hydrogen) atoms. The van der Waals surface area contributed by atoms with Crippen LogP contribution >= 0.6 is 11.3 Å². The second-order valence-corrected chi connectivity index (χ2v) is 11.0. The molecule has 0 bridgehead atoms. The Morgan fingerprint density at radius 2 is 2.06 bits per heavy atom. The molecule has 170 valence electrons. The maximum absolute atomic E-state index is 12.8.